The average Bonchev–Trinajstić information content (AvgIpc) is 2.22. The van der Waals surface area contributed by atoms with Crippen LogP contribution in [-0.4, -0.2) is 33.4 Å². The van der Waals surface area contributed by atoms with Crippen molar-refractivity contribution >= 4 is 11.8 Å². The summed E-state index contributed by atoms with van der Waals surface area (Å²) in [6.07, 6.45) is 0.380. The molecule has 0 aliphatic heterocycles. The molecule has 0 aromatic carbocycles. The van der Waals surface area contributed by atoms with Gasteiger partial charge in [0.1, 0.15) is 0 Å². The number of unbranched alkanes of at least 4 members (excludes halogenated alkanes) is 1. The van der Waals surface area contributed by atoms with Gasteiger partial charge in [0.05, 0.1) is 5.25 Å². The highest BCUT2D eigenvalue weighted by molar-refractivity contribution is 7.99. The molecule has 2 N–H and O–H groups in total. The smallest absolute Gasteiger partial charge is 0.247 e. The Labute approximate surface area is 100 Å². The summed E-state index contributed by atoms with van der Waals surface area (Å²) in [5.74, 6) is -1.83. The van der Waals surface area contributed by atoms with Crippen LogP contribution < -0.4 is 0 Å². The lowest BCUT2D eigenvalue weighted by Crippen LogP contribution is -2.21. The van der Waals surface area contributed by atoms with Gasteiger partial charge in [-0.1, -0.05) is 13.8 Å². The highest BCUT2D eigenvalue weighted by Crippen LogP contribution is 2.26. The van der Waals surface area contributed by atoms with Crippen molar-refractivity contribution in [3.8, 4) is 0 Å². The molecule has 1 atom stereocenters. The largest absolute Gasteiger partial charge is 0.367 e. The molecule has 0 radical (unpaired) electrons. The van der Waals surface area contributed by atoms with E-state index in [0.29, 0.717) is 25.0 Å². The van der Waals surface area contributed by atoms with Crippen LogP contribution in [0.5, 0.6) is 0 Å². The Morgan fingerprint density at radius 3 is 2.25 bits per heavy atom. The molecule has 0 saturated heterocycles. The van der Waals surface area contributed by atoms with Crippen molar-refractivity contribution < 1.29 is 19.0 Å². The van der Waals surface area contributed by atoms with Crippen LogP contribution in [-0.2, 0) is 0 Å². The molecule has 0 amide bonds. The van der Waals surface area contributed by atoms with Crippen molar-refractivity contribution in [3.05, 3.63) is 0 Å². The number of alkyl halides is 2. The first-order valence-electron chi connectivity index (χ1n) is 5.78. The first-order chi connectivity index (χ1) is 7.43. The van der Waals surface area contributed by atoms with Crippen LogP contribution in [0.2, 0.25) is 0 Å². The molecule has 1 unspecified atom stereocenters. The van der Waals surface area contributed by atoms with Gasteiger partial charge in [-0.25, -0.2) is 8.78 Å². The van der Waals surface area contributed by atoms with Crippen LogP contribution >= 0.6 is 11.8 Å². The molecule has 2 nitrogen and oxygen atoms in total. The maximum atomic E-state index is 12.8. The van der Waals surface area contributed by atoms with Crippen molar-refractivity contribution in [2.24, 2.45) is 0 Å². The zero-order chi connectivity index (χ0) is 12.6. The molecule has 0 saturated carbocycles. The van der Waals surface area contributed by atoms with Crippen LogP contribution in [0.4, 0.5) is 8.78 Å². The third kappa shape index (κ3) is 7.41. The highest BCUT2D eigenvalue weighted by atomic mass is 32.2. The lowest BCUT2D eigenvalue weighted by molar-refractivity contribution is -0.0404. The molecular weight excluding hydrogens is 234 g/mol. The van der Waals surface area contributed by atoms with Gasteiger partial charge in [0.15, 0.2) is 6.29 Å². The first kappa shape index (κ1) is 16.1. The van der Waals surface area contributed by atoms with Crippen molar-refractivity contribution in [3.63, 3.8) is 0 Å². The Morgan fingerprint density at radius 2 is 1.81 bits per heavy atom. The van der Waals surface area contributed by atoms with Crippen LogP contribution in [0.15, 0.2) is 0 Å². The van der Waals surface area contributed by atoms with E-state index < -0.39 is 12.2 Å². The molecule has 5 heteroatoms. The maximum absolute atomic E-state index is 12.8. The molecule has 0 aromatic heterocycles. The summed E-state index contributed by atoms with van der Waals surface area (Å²) >= 11 is 1.44. The number of halogens is 2. The molecule has 0 rings (SSSR count). The van der Waals surface area contributed by atoms with Gasteiger partial charge in [0.25, 0.3) is 0 Å². The van der Waals surface area contributed by atoms with E-state index in [2.05, 4.69) is 0 Å². The third-order valence-electron chi connectivity index (χ3n) is 2.52. The quantitative estimate of drug-likeness (QED) is 0.492. The minimum atomic E-state index is -2.54. The van der Waals surface area contributed by atoms with E-state index in [1.807, 2.05) is 6.92 Å². The van der Waals surface area contributed by atoms with Gasteiger partial charge in [-0.3, -0.25) is 0 Å². The second kappa shape index (κ2) is 8.25. The van der Waals surface area contributed by atoms with Crippen molar-refractivity contribution in [2.45, 2.75) is 63.4 Å². The lowest BCUT2D eigenvalue weighted by atomic mass is 10.1. The van der Waals surface area contributed by atoms with Gasteiger partial charge < -0.3 is 10.2 Å². The topological polar surface area (TPSA) is 40.5 Å². The van der Waals surface area contributed by atoms with E-state index in [-0.39, 0.29) is 18.1 Å². The van der Waals surface area contributed by atoms with E-state index >= 15 is 0 Å². The Kier molecular flexibility index (Phi) is 8.32. The minimum Gasteiger partial charge on any atom is -0.367 e. The SMILES string of the molecule is CCC(SCCCCC(F)(F)CC)C(O)O. The summed E-state index contributed by atoms with van der Waals surface area (Å²) in [6.45, 7) is 3.37. The molecule has 98 valence electrons. The summed E-state index contributed by atoms with van der Waals surface area (Å²) < 4.78 is 25.7. The predicted molar refractivity (Wildman–Crippen MR) is 63.9 cm³/mol. The van der Waals surface area contributed by atoms with Crippen LogP contribution in [0, 0.1) is 0 Å². The third-order valence-corrected chi connectivity index (χ3v) is 4.05. The average molecular weight is 256 g/mol. The Bertz CT molecular complexity index is 177. The molecular formula is C11H22F2O2S. The predicted octanol–water partition coefficient (Wildman–Crippen LogP) is 3.02. The Balaban J connectivity index is 3.53. The van der Waals surface area contributed by atoms with Crippen LogP contribution in [0.25, 0.3) is 0 Å². The lowest BCUT2D eigenvalue weighted by Gasteiger charge is -2.17. The summed E-state index contributed by atoms with van der Waals surface area (Å²) in [5, 5.41) is 17.7. The molecule has 16 heavy (non-hydrogen) atoms. The van der Waals surface area contributed by atoms with Crippen molar-refractivity contribution in [1.82, 2.24) is 0 Å². The molecule has 0 fully saturated rings. The van der Waals surface area contributed by atoms with E-state index in [4.69, 9.17) is 10.2 Å². The number of hydrogen-bond acceptors (Lipinski definition) is 3. The molecule has 0 aliphatic carbocycles. The van der Waals surface area contributed by atoms with E-state index in [1.165, 1.54) is 18.7 Å². The van der Waals surface area contributed by atoms with Crippen LogP contribution in [0.3, 0.4) is 0 Å². The number of hydrogen-bond donors (Lipinski definition) is 2. The van der Waals surface area contributed by atoms with Gasteiger partial charge in [0, 0.05) is 12.8 Å². The van der Waals surface area contributed by atoms with Crippen LogP contribution in [0.1, 0.15) is 46.0 Å². The molecule has 0 bridgehead atoms. The second-order valence-corrected chi connectivity index (χ2v) is 5.24. The van der Waals surface area contributed by atoms with Gasteiger partial charge >= 0.3 is 0 Å². The van der Waals surface area contributed by atoms with Gasteiger partial charge in [0.2, 0.25) is 5.92 Å². The highest BCUT2D eigenvalue weighted by Gasteiger charge is 2.24. The summed E-state index contributed by atoms with van der Waals surface area (Å²) in [7, 11) is 0. The van der Waals surface area contributed by atoms with Crippen molar-refractivity contribution in [2.75, 3.05) is 5.75 Å². The second-order valence-electron chi connectivity index (χ2n) is 3.90. The molecule has 0 spiro atoms. The van der Waals surface area contributed by atoms with E-state index in [1.54, 1.807) is 0 Å². The fourth-order valence-electron chi connectivity index (χ4n) is 1.31. The summed E-state index contributed by atoms with van der Waals surface area (Å²) in [6, 6.07) is 0. The number of thioether (sulfide) groups is 1. The number of rotatable bonds is 9. The summed E-state index contributed by atoms with van der Waals surface area (Å²) in [5.41, 5.74) is 0. The minimum absolute atomic E-state index is 0.0669. The number of aliphatic hydroxyl groups excluding tert-OH is 1. The zero-order valence-electron chi connectivity index (χ0n) is 9.96. The maximum Gasteiger partial charge on any atom is 0.247 e. The fraction of sp³-hybridized carbons (Fsp3) is 1.00. The van der Waals surface area contributed by atoms with Crippen molar-refractivity contribution in [1.29, 1.82) is 0 Å². The molecule has 0 aliphatic rings. The number of aliphatic hydroxyl groups is 2. The standard InChI is InChI=1S/C11H22F2O2S/c1-3-9(10(14)15)16-8-6-5-7-11(12,13)4-2/h9-10,14-15H,3-8H2,1-2H3. The van der Waals surface area contributed by atoms with Gasteiger partial charge in [-0.2, -0.15) is 11.8 Å². The first-order valence-corrected chi connectivity index (χ1v) is 6.83. The molecule has 0 aromatic rings. The van der Waals surface area contributed by atoms with Gasteiger partial charge in [-0.15, -0.1) is 0 Å². The summed E-state index contributed by atoms with van der Waals surface area (Å²) in [4.78, 5) is 0. The zero-order valence-corrected chi connectivity index (χ0v) is 10.8. The molecule has 0 heterocycles. The van der Waals surface area contributed by atoms with E-state index in [9.17, 15) is 8.78 Å². The Hall–Kier alpha value is 0.130. The monoisotopic (exact) mass is 256 g/mol. The normalized spacial score (nSPS) is 14.4. The Morgan fingerprint density at radius 1 is 1.19 bits per heavy atom. The fourth-order valence-corrected chi connectivity index (χ4v) is 2.39. The van der Waals surface area contributed by atoms with Gasteiger partial charge in [-0.05, 0) is 25.0 Å². The van der Waals surface area contributed by atoms with E-state index in [0.717, 1.165) is 0 Å².